The van der Waals surface area contributed by atoms with Crippen LogP contribution in [0.4, 0.5) is 0 Å². The molecular weight excluding hydrogens is 364 g/mol. The number of hydrogen-bond acceptors (Lipinski definition) is 4. The second-order valence-electron chi connectivity index (χ2n) is 6.37. The van der Waals surface area contributed by atoms with E-state index in [1.54, 1.807) is 18.2 Å². The molecule has 1 atom stereocenters. The van der Waals surface area contributed by atoms with E-state index < -0.39 is 0 Å². The summed E-state index contributed by atoms with van der Waals surface area (Å²) in [5.74, 6) is 1.18. The van der Waals surface area contributed by atoms with Crippen molar-refractivity contribution < 1.29 is 14.1 Å². The number of carbonyl (C=O) groups excluding carboxylic acids is 1. The van der Waals surface area contributed by atoms with E-state index in [4.69, 9.17) is 20.9 Å². The molecule has 1 aromatic heterocycles. The van der Waals surface area contributed by atoms with Crippen LogP contribution >= 0.6 is 11.6 Å². The summed E-state index contributed by atoms with van der Waals surface area (Å²) in [6.07, 6.45) is 0. The number of aromatic nitrogens is 1. The van der Waals surface area contributed by atoms with E-state index in [0.29, 0.717) is 22.9 Å². The van der Waals surface area contributed by atoms with Crippen molar-refractivity contribution in [1.29, 1.82) is 0 Å². The fraction of sp³-hybridized carbons (Fsp3) is 0.238. The number of carbonyl (C=O) groups is 1. The Hall–Kier alpha value is -2.79. The summed E-state index contributed by atoms with van der Waals surface area (Å²) in [7, 11) is 0. The lowest BCUT2D eigenvalue weighted by molar-refractivity contribution is 0.0939. The van der Waals surface area contributed by atoms with Gasteiger partial charge in [-0.25, -0.2) is 0 Å². The molecule has 140 valence electrons. The van der Waals surface area contributed by atoms with Crippen LogP contribution in [-0.4, -0.2) is 11.1 Å². The average Bonchev–Trinajstić information content (AvgIpc) is 2.98. The minimum atomic E-state index is -0.166. The van der Waals surface area contributed by atoms with Crippen molar-refractivity contribution in [2.45, 2.75) is 33.4 Å². The third-order valence-electron chi connectivity index (χ3n) is 4.38. The van der Waals surface area contributed by atoms with E-state index >= 15 is 0 Å². The molecule has 5 nitrogen and oxygen atoms in total. The van der Waals surface area contributed by atoms with E-state index in [0.717, 1.165) is 22.6 Å². The number of nitrogens with one attached hydrogen (secondary N) is 1. The Bertz CT molecular complexity index is 915. The molecule has 3 rings (SSSR count). The molecule has 27 heavy (non-hydrogen) atoms. The Balaban J connectivity index is 1.65. The summed E-state index contributed by atoms with van der Waals surface area (Å²) >= 11 is 5.91. The SMILES string of the molecule is Cc1noc(C)c1COc1cccc(C(=O)N[C@H](C)c2ccc(Cl)cc2)c1. The molecule has 2 aromatic carbocycles. The van der Waals surface area contributed by atoms with Gasteiger partial charge in [0.05, 0.1) is 17.3 Å². The number of halogens is 1. The topological polar surface area (TPSA) is 64.4 Å². The van der Waals surface area contributed by atoms with Crippen molar-refractivity contribution in [2.75, 3.05) is 0 Å². The molecule has 0 radical (unpaired) electrons. The molecule has 0 bridgehead atoms. The summed E-state index contributed by atoms with van der Waals surface area (Å²) in [5, 5.41) is 7.57. The molecule has 0 aliphatic rings. The highest BCUT2D eigenvalue weighted by atomic mass is 35.5. The van der Waals surface area contributed by atoms with Crippen molar-refractivity contribution in [1.82, 2.24) is 10.5 Å². The van der Waals surface area contributed by atoms with E-state index in [-0.39, 0.29) is 11.9 Å². The van der Waals surface area contributed by atoms with Crippen molar-refractivity contribution in [2.24, 2.45) is 0 Å². The van der Waals surface area contributed by atoms with Gasteiger partial charge < -0.3 is 14.6 Å². The zero-order valence-electron chi connectivity index (χ0n) is 15.5. The molecule has 3 aromatic rings. The molecule has 0 fully saturated rings. The summed E-state index contributed by atoms with van der Waals surface area (Å²) in [6, 6.07) is 14.4. The van der Waals surface area contributed by atoms with Crippen molar-refractivity contribution in [3.8, 4) is 5.75 Å². The fourth-order valence-corrected chi connectivity index (χ4v) is 2.83. The predicted octanol–water partition coefficient (Wildman–Crippen LogP) is 5.01. The van der Waals surface area contributed by atoms with Gasteiger partial charge in [0, 0.05) is 10.6 Å². The van der Waals surface area contributed by atoms with Crippen LogP contribution < -0.4 is 10.1 Å². The summed E-state index contributed by atoms with van der Waals surface area (Å²) in [5.41, 5.74) is 3.24. The van der Waals surface area contributed by atoms with Crippen LogP contribution in [0.2, 0.25) is 5.02 Å². The van der Waals surface area contributed by atoms with Gasteiger partial charge in [0.2, 0.25) is 0 Å². The third-order valence-corrected chi connectivity index (χ3v) is 4.63. The first-order valence-electron chi connectivity index (χ1n) is 8.65. The second-order valence-corrected chi connectivity index (χ2v) is 6.80. The molecule has 0 spiro atoms. The minimum absolute atomic E-state index is 0.137. The normalized spacial score (nSPS) is 11.9. The Morgan fingerprint density at radius 3 is 2.63 bits per heavy atom. The summed E-state index contributed by atoms with van der Waals surface area (Å²) < 4.78 is 10.9. The van der Waals surface area contributed by atoms with Gasteiger partial charge in [0.1, 0.15) is 18.1 Å². The molecular formula is C21H21ClN2O3. The maximum atomic E-state index is 12.6. The van der Waals surface area contributed by atoms with Crippen LogP contribution in [0.5, 0.6) is 5.75 Å². The lowest BCUT2D eigenvalue weighted by Crippen LogP contribution is -2.26. The van der Waals surface area contributed by atoms with Gasteiger partial charge in [0.15, 0.2) is 0 Å². The van der Waals surface area contributed by atoms with Gasteiger partial charge in [-0.2, -0.15) is 0 Å². The fourth-order valence-electron chi connectivity index (χ4n) is 2.71. The second kappa shape index (κ2) is 8.27. The average molecular weight is 385 g/mol. The lowest BCUT2D eigenvalue weighted by Gasteiger charge is -2.15. The highest BCUT2D eigenvalue weighted by Gasteiger charge is 2.13. The number of aryl methyl sites for hydroxylation is 2. The van der Waals surface area contributed by atoms with Crippen molar-refractivity contribution in [3.63, 3.8) is 0 Å². The zero-order valence-corrected chi connectivity index (χ0v) is 16.2. The number of amides is 1. The van der Waals surface area contributed by atoms with Crippen LogP contribution in [0, 0.1) is 13.8 Å². The van der Waals surface area contributed by atoms with Gasteiger partial charge in [-0.1, -0.05) is 35.0 Å². The van der Waals surface area contributed by atoms with Gasteiger partial charge in [-0.15, -0.1) is 0 Å². The minimum Gasteiger partial charge on any atom is -0.489 e. The lowest BCUT2D eigenvalue weighted by atomic mass is 10.1. The van der Waals surface area contributed by atoms with Crippen LogP contribution in [0.25, 0.3) is 0 Å². The first kappa shape index (κ1) is 19.0. The molecule has 0 saturated carbocycles. The Kier molecular flexibility index (Phi) is 5.81. The molecule has 0 aliphatic carbocycles. The van der Waals surface area contributed by atoms with Gasteiger partial charge in [-0.05, 0) is 56.7 Å². The van der Waals surface area contributed by atoms with E-state index in [9.17, 15) is 4.79 Å². The number of ether oxygens (including phenoxy) is 1. The van der Waals surface area contributed by atoms with Crippen molar-refractivity contribution in [3.05, 3.63) is 81.7 Å². The molecule has 0 unspecified atom stereocenters. The number of benzene rings is 2. The van der Waals surface area contributed by atoms with Crippen LogP contribution in [0.1, 0.15) is 45.9 Å². The Labute approximate surface area is 163 Å². The Morgan fingerprint density at radius 1 is 1.22 bits per heavy atom. The summed E-state index contributed by atoms with van der Waals surface area (Å²) in [6.45, 7) is 5.99. The Morgan fingerprint density at radius 2 is 1.96 bits per heavy atom. The first-order valence-corrected chi connectivity index (χ1v) is 9.03. The maximum absolute atomic E-state index is 12.6. The first-order chi connectivity index (χ1) is 12.9. The molecule has 1 N–H and O–H groups in total. The molecule has 0 saturated heterocycles. The molecule has 0 aliphatic heterocycles. The van der Waals surface area contributed by atoms with E-state index in [1.165, 1.54) is 0 Å². The van der Waals surface area contributed by atoms with E-state index in [1.807, 2.05) is 51.1 Å². The molecule has 1 heterocycles. The van der Waals surface area contributed by atoms with Gasteiger partial charge >= 0.3 is 0 Å². The highest BCUT2D eigenvalue weighted by molar-refractivity contribution is 6.30. The van der Waals surface area contributed by atoms with Crippen LogP contribution in [0.3, 0.4) is 0 Å². The van der Waals surface area contributed by atoms with Crippen LogP contribution in [-0.2, 0) is 6.61 Å². The monoisotopic (exact) mass is 384 g/mol. The van der Waals surface area contributed by atoms with Crippen molar-refractivity contribution >= 4 is 17.5 Å². The number of hydrogen-bond donors (Lipinski definition) is 1. The smallest absolute Gasteiger partial charge is 0.251 e. The molecule has 6 heteroatoms. The van der Waals surface area contributed by atoms with Gasteiger partial charge in [-0.3, -0.25) is 4.79 Å². The number of rotatable bonds is 6. The largest absolute Gasteiger partial charge is 0.489 e. The standard InChI is InChI=1S/C21H21ClN2O3/c1-13(16-7-9-18(22)10-8-16)23-21(25)17-5-4-6-19(11-17)26-12-20-14(2)24-27-15(20)3/h4-11,13H,12H2,1-3H3,(H,23,25)/t13-/m1/s1. The van der Waals surface area contributed by atoms with E-state index in [2.05, 4.69) is 10.5 Å². The predicted molar refractivity (Wildman–Crippen MR) is 104 cm³/mol. The highest BCUT2D eigenvalue weighted by Crippen LogP contribution is 2.20. The zero-order chi connectivity index (χ0) is 19.4. The maximum Gasteiger partial charge on any atom is 0.251 e. The molecule has 1 amide bonds. The number of nitrogens with zero attached hydrogens (tertiary/aromatic N) is 1. The quantitative estimate of drug-likeness (QED) is 0.648. The third kappa shape index (κ3) is 4.68. The van der Waals surface area contributed by atoms with Crippen LogP contribution in [0.15, 0.2) is 53.1 Å². The van der Waals surface area contributed by atoms with Gasteiger partial charge in [0.25, 0.3) is 5.91 Å². The summed E-state index contributed by atoms with van der Waals surface area (Å²) in [4.78, 5) is 12.6.